The van der Waals surface area contributed by atoms with Crippen molar-refractivity contribution in [3.05, 3.63) is 23.9 Å². The van der Waals surface area contributed by atoms with Crippen LogP contribution in [0.2, 0.25) is 0 Å². The number of nitrogens with two attached hydrogens (primary N) is 1. The predicted octanol–water partition coefficient (Wildman–Crippen LogP) is 2.43. The van der Waals surface area contributed by atoms with Crippen molar-refractivity contribution in [2.45, 2.75) is 45.2 Å². The first-order valence-corrected chi connectivity index (χ1v) is 6.24. The summed E-state index contributed by atoms with van der Waals surface area (Å²) in [5.74, 6) is 0.628. The molecule has 1 aliphatic rings. The molecule has 0 atom stereocenters. The van der Waals surface area contributed by atoms with Crippen LogP contribution in [0, 0.1) is 0 Å². The van der Waals surface area contributed by atoms with Crippen molar-refractivity contribution < 1.29 is 0 Å². The zero-order valence-corrected chi connectivity index (χ0v) is 10.0. The average Bonchev–Trinajstić information content (AvgIpc) is 3.08. The van der Waals surface area contributed by atoms with E-state index in [-0.39, 0.29) is 0 Å². The fraction of sp³-hybridized carbons (Fsp3) is 0.615. The quantitative estimate of drug-likeness (QED) is 0.799. The Morgan fingerprint density at radius 2 is 2.31 bits per heavy atom. The third kappa shape index (κ3) is 3.20. The second-order valence-corrected chi connectivity index (χ2v) is 4.64. The van der Waals surface area contributed by atoms with Gasteiger partial charge in [-0.25, -0.2) is 4.98 Å². The second-order valence-electron chi connectivity index (χ2n) is 4.64. The molecule has 0 spiro atoms. The number of hydrogen-bond donors (Lipinski definition) is 1. The summed E-state index contributed by atoms with van der Waals surface area (Å²) in [5, 5.41) is 0. The normalized spacial score (nSPS) is 15.6. The molecule has 1 aliphatic carbocycles. The van der Waals surface area contributed by atoms with Crippen LogP contribution in [0.3, 0.4) is 0 Å². The highest BCUT2D eigenvalue weighted by atomic mass is 15.2. The van der Waals surface area contributed by atoms with Gasteiger partial charge in [0.05, 0.1) is 0 Å². The number of unbranched alkanes of at least 4 members (excludes halogenated alkanes) is 1. The summed E-state index contributed by atoms with van der Waals surface area (Å²) in [6, 6.07) is 4.87. The van der Waals surface area contributed by atoms with Crippen molar-refractivity contribution in [1.82, 2.24) is 9.88 Å². The van der Waals surface area contributed by atoms with E-state index in [1.807, 2.05) is 6.07 Å². The van der Waals surface area contributed by atoms with Gasteiger partial charge < -0.3 is 5.73 Å². The smallest absolute Gasteiger partial charge is 0.123 e. The Morgan fingerprint density at radius 1 is 1.50 bits per heavy atom. The van der Waals surface area contributed by atoms with Gasteiger partial charge in [-0.3, -0.25) is 4.90 Å². The van der Waals surface area contributed by atoms with Crippen molar-refractivity contribution >= 4 is 5.82 Å². The van der Waals surface area contributed by atoms with Gasteiger partial charge in [0.15, 0.2) is 0 Å². The van der Waals surface area contributed by atoms with Crippen LogP contribution in [0.4, 0.5) is 5.82 Å². The molecule has 1 saturated carbocycles. The van der Waals surface area contributed by atoms with Crippen LogP contribution in [-0.4, -0.2) is 22.5 Å². The number of pyridine rings is 1. The van der Waals surface area contributed by atoms with Gasteiger partial charge >= 0.3 is 0 Å². The van der Waals surface area contributed by atoms with E-state index in [1.165, 1.54) is 37.8 Å². The molecular formula is C13H21N3. The molecule has 2 rings (SSSR count). The van der Waals surface area contributed by atoms with Crippen molar-refractivity contribution in [2.75, 3.05) is 12.3 Å². The molecule has 88 valence electrons. The maximum absolute atomic E-state index is 5.70. The molecule has 0 amide bonds. The number of nitrogens with zero attached hydrogens (tertiary/aromatic N) is 2. The molecule has 0 aromatic carbocycles. The molecule has 0 bridgehead atoms. The molecule has 0 aliphatic heterocycles. The Labute approximate surface area is 97.7 Å². The lowest BCUT2D eigenvalue weighted by molar-refractivity contribution is 0.250. The molecule has 0 radical (unpaired) electrons. The van der Waals surface area contributed by atoms with Crippen molar-refractivity contribution in [1.29, 1.82) is 0 Å². The Balaban J connectivity index is 1.94. The Bertz CT molecular complexity index is 334. The molecule has 1 aromatic heterocycles. The monoisotopic (exact) mass is 219 g/mol. The fourth-order valence-electron chi connectivity index (χ4n) is 2.02. The van der Waals surface area contributed by atoms with Crippen LogP contribution < -0.4 is 5.73 Å². The lowest BCUT2D eigenvalue weighted by atomic mass is 10.2. The standard InChI is InChI=1S/C13H21N3/c1-2-3-8-16(12-4-5-12)10-11-6-7-15-13(14)9-11/h6-7,9,12H,2-5,8,10H2,1H3,(H2,14,15). The summed E-state index contributed by atoms with van der Waals surface area (Å²) in [6.45, 7) is 4.48. The van der Waals surface area contributed by atoms with Gasteiger partial charge in [-0.05, 0) is 43.5 Å². The largest absolute Gasteiger partial charge is 0.384 e. The maximum Gasteiger partial charge on any atom is 0.123 e. The van der Waals surface area contributed by atoms with E-state index in [0.717, 1.165) is 12.6 Å². The SMILES string of the molecule is CCCCN(Cc1ccnc(N)c1)C1CC1. The van der Waals surface area contributed by atoms with Crippen LogP contribution in [0.25, 0.3) is 0 Å². The fourth-order valence-corrected chi connectivity index (χ4v) is 2.02. The number of nitrogen functional groups attached to an aromatic ring is 1. The number of anilines is 1. The number of hydrogen-bond acceptors (Lipinski definition) is 3. The van der Waals surface area contributed by atoms with Gasteiger partial charge in [0.2, 0.25) is 0 Å². The third-order valence-electron chi connectivity index (χ3n) is 3.09. The van der Waals surface area contributed by atoms with Gasteiger partial charge in [0.25, 0.3) is 0 Å². The Morgan fingerprint density at radius 3 is 2.94 bits per heavy atom. The molecule has 1 fully saturated rings. The first-order valence-electron chi connectivity index (χ1n) is 6.24. The Kier molecular flexibility index (Phi) is 3.78. The zero-order valence-electron chi connectivity index (χ0n) is 10.0. The van der Waals surface area contributed by atoms with E-state index in [9.17, 15) is 0 Å². The number of rotatable bonds is 6. The van der Waals surface area contributed by atoms with Gasteiger partial charge in [-0.1, -0.05) is 13.3 Å². The minimum Gasteiger partial charge on any atom is -0.384 e. The minimum absolute atomic E-state index is 0.628. The summed E-state index contributed by atoms with van der Waals surface area (Å²) in [5.41, 5.74) is 6.98. The molecule has 0 unspecified atom stereocenters. The van der Waals surface area contributed by atoms with Gasteiger partial charge in [0, 0.05) is 18.8 Å². The molecule has 3 nitrogen and oxygen atoms in total. The van der Waals surface area contributed by atoms with Crippen molar-refractivity contribution in [2.24, 2.45) is 0 Å². The van der Waals surface area contributed by atoms with Gasteiger partial charge in [0.1, 0.15) is 5.82 Å². The summed E-state index contributed by atoms with van der Waals surface area (Å²) in [4.78, 5) is 6.61. The van der Waals surface area contributed by atoms with Crippen LogP contribution in [-0.2, 0) is 6.54 Å². The molecule has 1 aromatic rings. The van der Waals surface area contributed by atoms with Crippen LogP contribution in [0.15, 0.2) is 18.3 Å². The van der Waals surface area contributed by atoms with Crippen molar-refractivity contribution in [3.63, 3.8) is 0 Å². The van der Waals surface area contributed by atoms with Crippen LogP contribution in [0.5, 0.6) is 0 Å². The lowest BCUT2D eigenvalue weighted by Gasteiger charge is -2.21. The highest BCUT2D eigenvalue weighted by Gasteiger charge is 2.28. The van der Waals surface area contributed by atoms with E-state index >= 15 is 0 Å². The summed E-state index contributed by atoms with van der Waals surface area (Å²) in [6.07, 6.45) is 7.09. The zero-order chi connectivity index (χ0) is 11.4. The highest BCUT2D eigenvalue weighted by molar-refractivity contribution is 5.31. The molecule has 1 heterocycles. The van der Waals surface area contributed by atoms with E-state index < -0.39 is 0 Å². The van der Waals surface area contributed by atoms with E-state index in [0.29, 0.717) is 5.82 Å². The number of aromatic nitrogens is 1. The van der Waals surface area contributed by atoms with E-state index in [1.54, 1.807) is 6.20 Å². The van der Waals surface area contributed by atoms with E-state index in [4.69, 9.17) is 5.73 Å². The molecule has 0 saturated heterocycles. The summed E-state index contributed by atoms with van der Waals surface area (Å²) < 4.78 is 0. The predicted molar refractivity (Wildman–Crippen MR) is 67.0 cm³/mol. The molecule has 2 N–H and O–H groups in total. The minimum atomic E-state index is 0.628. The highest BCUT2D eigenvalue weighted by Crippen LogP contribution is 2.28. The topological polar surface area (TPSA) is 42.2 Å². The second kappa shape index (κ2) is 5.30. The summed E-state index contributed by atoms with van der Waals surface area (Å²) in [7, 11) is 0. The third-order valence-corrected chi connectivity index (χ3v) is 3.09. The van der Waals surface area contributed by atoms with Gasteiger partial charge in [-0.2, -0.15) is 0 Å². The first-order chi connectivity index (χ1) is 7.79. The van der Waals surface area contributed by atoms with Crippen molar-refractivity contribution in [3.8, 4) is 0 Å². The summed E-state index contributed by atoms with van der Waals surface area (Å²) >= 11 is 0. The van der Waals surface area contributed by atoms with Crippen LogP contribution >= 0.6 is 0 Å². The van der Waals surface area contributed by atoms with E-state index in [2.05, 4.69) is 22.9 Å². The Hall–Kier alpha value is -1.09. The first kappa shape index (κ1) is 11.4. The maximum atomic E-state index is 5.70. The lowest BCUT2D eigenvalue weighted by Crippen LogP contribution is -2.26. The van der Waals surface area contributed by atoms with Gasteiger partial charge in [-0.15, -0.1) is 0 Å². The average molecular weight is 219 g/mol. The molecular weight excluding hydrogens is 198 g/mol. The molecule has 3 heteroatoms. The van der Waals surface area contributed by atoms with Crippen LogP contribution in [0.1, 0.15) is 38.2 Å². The molecule has 16 heavy (non-hydrogen) atoms.